The van der Waals surface area contributed by atoms with Crippen LogP contribution in [0.25, 0.3) is 0 Å². The van der Waals surface area contributed by atoms with E-state index in [2.05, 4.69) is 26.2 Å². The van der Waals surface area contributed by atoms with Crippen LogP contribution >= 0.6 is 39.1 Å². The number of anilines is 1. The fourth-order valence-electron chi connectivity index (χ4n) is 4.57. The minimum Gasteiger partial charge on any atom is -0.313 e. The van der Waals surface area contributed by atoms with Crippen LogP contribution in [0, 0.1) is 0 Å². The number of halogens is 3. The standard InChI is InChI=1S/C17H12BrCl2N3O/c18-15-13-9(4-6-21-15)14-17(13)5-3-12(17)23(14)16(24)22-8-1-2-10(19)11(20)7-8/h1-2,4,6-7,12,14H,3,5H2,(H,22,24). The van der Waals surface area contributed by atoms with Gasteiger partial charge in [-0.3, -0.25) is 0 Å². The largest absolute Gasteiger partial charge is 0.322 e. The second-order valence-corrected chi connectivity index (χ2v) is 8.10. The Kier molecular flexibility index (Phi) is 3.04. The monoisotopic (exact) mass is 423 g/mol. The van der Waals surface area contributed by atoms with E-state index in [9.17, 15) is 4.79 Å². The summed E-state index contributed by atoms with van der Waals surface area (Å²) in [4.78, 5) is 19.1. The van der Waals surface area contributed by atoms with Gasteiger partial charge in [0.25, 0.3) is 0 Å². The minimum atomic E-state index is -0.0858. The van der Waals surface area contributed by atoms with Gasteiger partial charge in [-0.25, -0.2) is 9.78 Å². The van der Waals surface area contributed by atoms with E-state index in [0.29, 0.717) is 15.7 Å². The summed E-state index contributed by atoms with van der Waals surface area (Å²) in [6.45, 7) is 0. The molecule has 122 valence electrons. The number of urea groups is 1. The molecular weight excluding hydrogens is 413 g/mol. The number of hydrogen-bond donors (Lipinski definition) is 1. The van der Waals surface area contributed by atoms with Gasteiger partial charge < -0.3 is 10.2 Å². The molecule has 2 fully saturated rings. The van der Waals surface area contributed by atoms with E-state index in [-0.39, 0.29) is 23.5 Å². The third-order valence-electron chi connectivity index (χ3n) is 5.63. The Labute approximate surface area is 157 Å². The van der Waals surface area contributed by atoms with Gasteiger partial charge >= 0.3 is 6.03 Å². The molecule has 1 aliphatic heterocycles. The number of carbonyl (C=O) groups is 1. The molecule has 1 aromatic heterocycles. The van der Waals surface area contributed by atoms with E-state index in [4.69, 9.17) is 23.2 Å². The molecule has 1 aromatic carbocycles. The number of amides is 2. The molecule has 1 saturated heterocycles. The first-order valence-corrected chi connectivity index (χ1v) is 9.28. The molecule has 2 heterocycles. The fraction of sp³-hybridized carbons (Fsp3) is 0.294. The molecule has 3 aliphatic rings. The molecule has 3 atom stereocenters. The lowest BCUT2D eigenvalue weighted by Gasteiger charge is -2.76. The Bertz CT molecular complexity index is 905. The quantitative estimate of drug-likeness (QED) is 0.643. The summed E-state index contributed by atoms with van der Waals surface area (Å²) in [5.74, 6) is 0. The van der Waals surface area contributed by atoms with Crippen molar-refractivity contribution in [1.82, 2.24) is 9.88 Å². The third kappa shape index (κ3) is 1.65. The summed E-state index contributed by atoms with van der Waals surface area (Å²) in [6, 6.07) is 7.47. The number of fused-ring (bicyclic) bond motifs is 2. The Balaban J connectivity index is 1.43. The fourth-order valence-corrected chi connectivity index (χ4v) is 5.59. The van der Waals surface area contributed by atoms with E-state index < -0.39 is 0 Å². The molecule has 0 radical (unpaired) electrons. The van der Waals surface area contributed by atoms with Crippen molar-refractivity contribution < 1.29 is 4.79 Å². The number of rotatable bonds is 1. The van der Waals surface area contributed by atoms with E-state index in [1.165, 1.54) is 11.1 Å². The number of benzene rings is 1. The second kappa shape index (κ2) is 4.87. The van der Waals surface area contributed by atoms with E-state index >= 15 is 0 Å². The third-order valence-corrected chi connectivity index (χ3v) is 6.97. The van der Waals surface area contributed by atoms with Crippen LogP contribution in [0.1, 0.15) is 30.0 Å². The van der Waals surface area contributed by atoms with Crippen LogP contribution < -0.4 is 5.32 Å². The van der Waals surface area contributed by atoms with Gasteiger partial charge in [-0.2, -0.15) is 0 Å². The predicted octanol–water partition coefficient (Wildman–Crippen LogP) is 5.15. The highest BCUT2D eigenvalue weighted by Gasteiger charge is 2.75. The minimum absolute atomic E-state index is 0.0858. The Morgan fingerprint density at radius 1 is 1.33 bits per heavy atom. The lowest BCUT2D eigenvalue weighted by molar-refractivity contribution is -0.145. The van der Waals surface area contributed by atoms with Crippen molar-refractivity contribution in [1.29, 1.82) is 0 Å². The van der Waals surface area contributed by atoms with Gasteiger partial charge in [0, 0.05) is 28.9 Å². The number of hydrogen-bond acceptors (Lipinski definition) is 2. The van der Waals surface area contributed by atoms with Gasteiger partial charge in [0.15, 0.2) is 0 Å². The number of piperidine rings is 1. The average Bonchev–Trinajstić information content (AvgIpc) is 2.50. The van der Waals surface area contributed by atoms with Crippen molar-refractivity contribution >= 4 is 50.9 Å². The predicted molar refractivity (Wildman–Crippen MR) is 96.7 cm³/mol. The summed E-state index contributed by atoms with van der Waals surface area (Å²) in [5.41, 5.74) is 3.28. The maximum atomic E-state index is 12.8. The second-order valence-electron chi connectivity index (χ2n) is 6.53. The summed E-state index contributed by atoms with van der Waals surface area (Å²) in [5, 5.41) is 3.84. The molecule has 5 rings (SSSR count). The van der Waals surface area contributed by atoms with Crippen LogP contribution in [-0.2, 0) is 5.41 Å². The number of pyridine rings is 1. The van der Waals surface area contributed by atoms with Crippen molar-refractivity contribution in [3.8, 4) is 0 Å². The molecule has 2 aromatic rings. The molecule has 1 N–H and O–H groups in total. The van der Waals surface area contributed by atoms with E-state index in [1.807, 2.05) is 11.0 Å². The zero-order valence-corrected chi connectivity index (χ0v) is 15.5. The van der Waals surface area contributed by atoms with Gasteiger partial charge in [-0.05, 0) is 58.6 Å². The Morgan fingerprint density at radius 2 is 2.17 bits per heavy atom. The van der Waals surface area contributed by atoms with Crippen molar-refractivity contribution in [3.05, 3.63) is 56.2 Å². The molecule has 2 amide bonds. The van der Waals surface area contributed by atoms with Gasteiger partial charge in [-0.15, -0.1) is 0 Å². The van der Waals surface area contributed by atoms with Crippen LogP contribution in [-0.4, -0.2) is 22.0 Å². The number of nitrogens with one attached hydrogen (secondary N) is 1. The highest BCUT2D eigenvalue weighted by Crippen LogP contribution is 2.74. The molecule has 3 unspecified atom stereocenters. The molecular formula is C17H12BrCl2N3O. The summed E-state index contributed by atoms with van der Waals surface area (Å²) >= 11 is 15.5. The van der Waals surface area contributed by atoms with Crippen molar-refractivity contribution in [2.75, 3.05) is 5.32 Å². The summed E-state index contributed by atoms with van der Waals surface area (Å²) in [7, 11) is 0. The number of likely N-dealkylation sites (tertiary alicyclic amines) is 1. The molecule has 0 bridgehead atoms. The first-order valence-electron chi connectivity index (χ1n) is 7.73. The van der Waals surface area contributed by atoms with Crippen LogP contribution in [0.2, 0.25) is 10.0 Å². The van der Waals surface area contributed by atoms with Crippen molar-refractivity contribution in [2.45, 2.75) is 30.3 Å². The summed E-state index contributed by atoms with van der Waals surface area (Å²) < 4.78 is 0.922. The van der Waals surface area contributed by atoms with Crippen molar-refractivity contribution in [3.63, 3.8) is 0 Å². The average molecular weight is 425 g/mol. The van der Waals surface area contributed by atoms with Crippen LogP contribution in [0.4, 0.5) is 10.5 Å². The number of nitrogens with zero attached hydrogens (tertiary/aromatic N) is 2. The van der Waals surface area contributed by atoms with Gasteiger partial charge in [-0.1, -0.05) is 23.2 Å². The van der Waals surface area contributed by atoms with Crippen LogP contribution in [0.3, 0.4) is 0 Å². The zero-order chi connectivity index (χ0) is 16.6. The highest BCUT2D eigenvalue weighted by molar-refractivity contribution is 9.10. The highest BCUT2D eigenvalue weighted by atomic mass is 79.9. The molecule has 7 heteroatoms. The van der Waals surface area contributed by atoms with Gasteiger partial charge in [0.2, 0.25) is 0 Å². The Hall–Kier alpha value is -1.30. The molecule has 1 spiro atoms. The molecule has 4 nitrogen and oxygen atoms in total. The van der Waals surface area contributed by atoms with Gasteiger partial charge in [0.05, 0.1) is 16.1 Å². The normalized spacial score (nSPS) is 28.5. The van der Waals surface area contributed by atoms with E-state index in [0.717, 1.165) is 17.4 Å². The topological polar surface area (TPSA) is 45.2 Å². The summed E-state index contributed by atoms with van der Waals surface area (Å²) in [6.07, 6.45) is 3.94. The first kappa shape index (κ1) is 15.0. The smallest absolute Gasteiger partial charge is 0.313 e. The molecule has 2 aliphatic carbocycles. The van der Waals surface area contributed by atoms with E-state index in [1.54, 1.807) is 24.4 Å². The lowest BCUT2D eigenvalue weighted by atomic mass is 9.41. The maximum absolute atomic E-state index is 12.8. The van der Waals surface area contributed by atoms with Crippen molar-refractivity contribution in [2.24, 2.45) is 0 Å². The number of aromatic nitrogens is 1. The first-order chi connectivity index (χ1) is 11.5. The zero-order valence-electron chi connectivity index (χ0n) is 12.4. The van der Waals surface area contributed by atoms with Crippen LogP contribution in [0.15, 0.2) is 35.1 Å². The van der Waals surface area contributed by atoms with Gasteiger partial charge in [0.1, 0.15) is 4.60 Å². The SMILES string of the molecule is O=C(Nc1ccc(Cl)c(Cl)c1)N1C2CCC23c2c(ccnc2Br)C13. The Morgan fingerprint density at radius 3 is 2.88 bits per heavy atom. The molecule has 1 saturated carbocycles. The number of carbonyl (C=O) groups excluding carboxylic acids is 1. The van der Waals surface area contributed by atoms with Crippen LogP contribution in [0.5, 0.6) is 0 Å². The maximum Gasteiger partial charge on any atom is 0.322 e. The molecule has 24 heavy (non-hydrogen) atoms. The lowest BCUT2D eigenvalue weighted by Crippen LogP contribution is -2.80.